The Hall–Kier alpha value is -2.67. The van der Waals surface area contributed by atoms with Crippen molar-refractivity contribution in [3.8, 4) is 5.75 Å². The monoisotopic (exact) mass is 360 g/mol. The summed E-state index contributed by atoms with van der Waals surface area (Å²) in [5.41, 5.74) is 0.809. The summed E-state index contributed by atoms with van der Waals surface area (Å²) in [6.07, 6.45) is 4.45. The van der Waals surface area contributed by atoms with Gasteiger partial charge in [0, 0.05) is 44.1 Å². The van der Waals surface area contributed by atoms with E-state index in [1.165, 1.54) is 25.7 Å². The summed E-state index contributed by atoms with van der Waals surface area (Å²) in [6, 6.07) is 4.95. The van der Waals surface area contributed by atoms with Gasteiger partial charge in [-0.25, -0.2) is 4.98 Å². The van der Waals surface area contributed by atoms with Crippen molar-refractivity contribution in [1.29, 1.82) is 0 Å². The van der Waals surface area contributed by atoms with Gasteiger partial charge in [0.1, 0.15) is 11.4 Å². The van der Waals surface area contributed by atoms with Gasteiger partial charge in [-0.2, -0.15) is 0 Å². The molecular formula is C17H17ClN4O3. The van der Waals surface area contributed by atoms with Gasteiger partial charge in [-0.15, -0.1) is 0 Å². The summed E-state index contributed by atoms with van der Waals surface area (Å²) in [4.78, 5) is 36.3. The van der Waals surface area contributed by atoms with Crippen molar-refractivity contribution < 1.29 is 14.3 Å². The molecule has 2 aromatic rings. The summed E-state index contributed by atoms with van der Waals surface area (Å²) in [5, 5.41) is 0.393. The van der Waals surface area contributed by atoms with E-state index in [9.17, 15) is 9.59 Å². The molecule has 2 heterocycles. The first-order valence-electron chi connectivity index (χ1n) is 7.78. The molecule has 0 saturated carbocycles. The highest BCUT2D eigenvalue weighted by Gasteiger charge is 2.26. The van der Waals surface area contributed by atoms with E-state index in [-0.39, 0.29) is 11.8 Å². The third kappa shape index (κ3) is 3.71. The van der Waals surface area contributed by atoms with Gasteiger partial charge in [-0.3, -0.25) is 14.6 Å². The summed E-state index contributed by atoms with van der Waals surface area (Å²) in [7, 11) is 1.52. The standard InChI is InChI=1S/C17H17ClN4O3/c1-25-15-3-2-12(10-13(15)18)16(23)21-6-8-22(9-7-21)17(24)14-11-19-4-5-20-14/h2-5,10-11H,6-9H2,1H3. The van der Waals surface area contributed by atoms with E-state index in [2.05, 4.69) is 9.97 Å². The van der Waals surface area contributed by atoms with E-state index in [4.69, 9.17) is 16.3 Å². The Morgan fingerprint density at radius 1 is 1.08 bits per heavy atom. The molecular weight excluding hydrogens is 344 g/mol. The predicted molar refractivity (Wildman–Crippen MR) is 91.8 cm³/mol. The zero-order chi connectivity index (χ0) is 17.8. The zero-order valence-corrected chi connectivity index (χ0v) is 14.4. The maximum Gasteiger partial charge on any atom is 0.274 e. The molecule has 0 radical (unpaired) electrons. The summed E-state index contributed by atoms with van der Waals surface area (Å²) >= 11 is 6.08. The number of benzene rings is 1. The van der Waals surface area contributed by atoms with Crippen LogP contribution in [0.5, 0.6) is 5.75 Å². The molecule has 25 heavy (non-hydrogen) atoms. The third-order valence-electron chi connectivity index (χ3n) is 4.04. The van der Waals surface area contributed by atoms with Crippen LogP contribution in [0, 0.1) is 0 Å². The fraction of sp³-hybridized carbons (Fsp3) is 0.294. The molecule has 1 fully saturated rings. The van der Waals surface area contributed by atoms with Crippen molar-refractivity contribution in [2.75, 3.05) is 33.3 Å². The lowest BCUT2D eigenvalue weighted by Gasteiger charge is -2.34. The van der Waals surface area contributed by atoms with E-state index >= 15 is 0 Å². The number of methoxy groups -OCH3 is 1. The molecule has 1 aliphatic rings. The van der Waals surface area contributed by atoms with Crippen LogP contribution in [0.3, 0.4) is 0 Å². The first-order chi connectivity index (χ1) is 12.1. The van der Waals surface area contributed by atoms with Crippen LogP contribution in [-0.2, 0) is 0 Å². The van der Waals surface area contributed by atoms with Crippen LogP contribution in [0.2, 0.25) is 5.02 Å². The number of hydrogen-bond acceptors (Lipinski definition) is 5. The second-order valence-corrected chi connectivity index (χ2v) is 5.93. The number of halogens is 1. The average Bonchev–Trinajstić information content (AvgIpc) is 2.67. The minimum Gasteiger partial charge on any atom is -0.495 e. The van der Waals surface area contributed by atoms with Crippen molar-refractivity contribution in [3.05, 3.63) is 53.1 Å². The number of ether oxygens (including phenoxy) is 1. The molecule has 0 atom stereocenters. The third-order valence-corrected chi connectivity index (χ3v) is 4.33. The maximum atomic E-state index is 12.6. The number of hydrogen-bond donors (Lipinski definition) is 0. The molecule has 3 rings (SSSR count). The molecule has 1 aromatic heterocycles. The molecule has 7 nitrogen and oxygen atoms in total. The number of amides is 2. The van der Waals surface area contributed by atoms with Crippen molar-refractivity contribution in [2.45, 2.75) is 0 Å². The van der Waals surface area contributed by atoms with Crippen LogP contribution >= 0.6 is 11.6 Å². The van der Waals surface area contributed by atoms with Crippen LogP contribution in [-0.4, -0.2) is 64.9 Å². The maximum absolute atomic E-state index is 12.6. The molecule has 130 valence electrons. The van der Waals surface area contributed by atoms with E-state index in [1.807, 2.05) is 0 Å². The van der Waals surface area contributed by atoms with Gasteiger partial charge in [-0.05, 0) is 18.2 Å². The Kier molecular flexibility index (Phi) is 5.14. The van der Waals surface area contributed by atoms with E-state index in [1.54, 1.807) is 28.0 Å². The van der Waals surface area contributed by atoms with Crippen molar-refractivity contribution in [1.82, 2.24) is 19.8 Å². The minimum atomic E-state index is -0.173. The Bertz CT molecular complexity index is 777. The SMILES string of the molecule is COc1ccc(C(=O)N2CCN(C(=O)c3cnccn3)CC2)cc1Cl. The quantitative estimate of drug-likeness (QED) is 0.833. The van der Waals surface area contributed by atoms with Gasteiger partial charge in [0.2, 0.25) is 0 Å². The Labute approximate surface area is 150 Å². The summed E-state index contributed by atoms with van der Waals surface area (Å²) in [5.74, 6) is 0.237. The van der Waals surface area contributed by atoms with Crippen LogP contribution in [0.1, 0.15) is 20.8 Å². The Morgan fingerprint density at radius 3 is 2.32 bits per heavy atom. The largest absolute Gasteiger partial charge is 0.495 e. The molecule has 0 aliphatic carbocycles. The zero-order valence-electron chi connectivity index (χ0n) is 13.7. The van der Waals surface area contributed by atoms with Crippen LogP contribution < -0.4 is 4.74 Å². The lowest BCUT2D eigenvalue weighted by atomic mass is 10.1. The van der Waals surface area contributed by atoms with Gasteiger partial charge in [0.25, 0.3) is 11.8 Å². The van der Waals surface area contributed by atoms with Gasteiger partial charge >= 0.3 is 0 Å². The molecule has 2 amide bonds. The van der Waals surface area contributed by atoms with Gasteiger partial charge in [0.05, 0.1) is 18.3 Å². The van der Waals surface area contributed by atoms with Gasteiger partial charge in [-0.1, -0.05) is 11.6 Å². The lowest BCUT2D eigenvalue weighted by Crippen LogP contribution is -2.50. The van der Waals surface area contributed by atoms with Crippen molar-refractivity contribution in [3.63, 3.8) is 0 Å². The summed E-state index contributed by atoms with van der Waals surface area (Å²) in [6.45, 7) is 1.80. The average molecular weight is 361 g/mol. The topological polar surface area (TPSA) is 75.6 Å². The molecule has 0 unspecified atom stereocenters. The Morgan fingerprint density at radius 2 is 1.76 bits per heavy atom. The van der Waals surface area contributed by atoms with Crippen LogP contribution in [0.15, 0.2) is 36.8 Å². The van der Waals surface area contributed by atoms with Crippen molar-refractivity contribution in [2.24, 2.45) is 0 Å². The highest BCUT2D eigenvalue weighted by atomic mass is 35.5. The molecule has 0 N–H and O–H groups in total. The highest BCUT2D eigenvalue weighted by molar-refractivity contribution is 6.32. The number of rotatable bonds is 3. The highest BCUT2D eigenvalue weighted by Crippen LogP contribution is 2.25. The Balaban J connectivity index is 1.63. The molecule has 1 saturated heterocycles. The number of piperazine rings is 1. The van der Waals surface area contributed by atoms with E-state index in [0.29, 0.717) is 48.2 Å². The second-order valence-electron chi connectivity index (χ2n) is 5.52. The van der Waals surface area contributed by atoms with E-state index < -0.39 is 0 Å². The predicted octanol–water partition coefficient (Wildman–Crippen LogP) is 1.74. The first kappa shape index (κ1) is 17.2. The fourth-order valence-corrected chi connectivity index (χ4v) is 2.92. The van der Waals surface area contributed by atoms with Crippen molar-refractivity contribution >= 4 is 23.4 Å². The second kappa shape index (κ2) is 7.48. The van der Waals surface area contributed by atoms with Crippen LogP contribution in [0.4, 0.5) is 0 Å². The number of nitrogens with zero attached hydrogens (tertiary/aromatic N) is 4. The number of carbonyl (C=O) groups is 2. The fourth-order valence-electron chi connectivity index (χ4n) is 2.67. The summed E-state index contributed by atoms with van der Waals surface area (Å²) < 4.78 is 5.10. The molecule has 8 heteroatoms. The number of carbonyl (C=O) groups excluding carboxylic acids is 2. The van der Waals surface area contributed by atoms with Gasteiger partial charge in [0.15, 0.2) is 0 Å². The van der Waals surface area contributed by atoms with Gasteiger partial charge < -0.3 is 14.5 Å². The lowest BCUT2D eigenvalue weighted by molar-refractivity contribution is 0.0532. The molecule has 0 bridgehead atoms. The smallest absolute Gasteiger partial charge is 0.274 e. The normalized spacial score (nSPS) is 14.3. The number of aromatic nitrogens is 2. The first-order valence-corrected chi connectivity index (χ1v) is 8.16. The van der Waals surface area contributed by atoms with Crippen LogP contribution in [0.25, 0.3) is 0 Å². The molecule has 1 aliphatic heterocycles. The van der Waals surface area contributed by atoms with E-state index in [0.717, 1.165) is 0 Å². The minimum absolute atomic E-state index is 0.115. The molecule has 1 aromatic carbocycles. The molecule has 0 spiro atoms.